The first kappa shape index (κ1) is 22.9. The van der Waals surface area contributed by atoms with Gasteiger partial charge in [0.15, 0.2) is 5.13 Å². The van der Waals surface area contributed by atoms with Crippen LogP contribution in [-0.2, 0) is 15.0 Å². The molecule has 1 N–H and O–H groups in total. The molecule has 33 heavy (non-hydrogen) atoms. The predicted octanol–water partition coefficient (Wildman–Crippen LogP) is 5.82. The van der Waals surface area contributed by atoms with Crippen molar-refractivity contribution < 1.29 is 19.1 Å². The Bertz CT molecular complexity index is 1250. The fourth-order valence-corrected chi connectivity index (χ4v) is 4.77. The van der Waals surface area contributed by atoms with Crippen LogP contribution in [0.1, 0.15) is 54.1 Å². The molecule has 1 atom stereocenters. The van der Waals surface area contributed by atoms with Crippen molar-refractivity contribution in [3.8, 4) is 0 Å². The highest BCUT2D eigenvalue weighted by Crippen LogP contribution is 2.44. The lowest BCUT2D eigenvalue weighted by molar-refractivity contribution is -0.132. The van der Waals surface area contributed by atoms with Crippen LogP contribution in [0.15, 0.2) is 54.1 Å². The zero-order valence-electron chi connectivity index (χ0n) is 19.1. The molecule has 4 rings (SSSR count). The summed E-state index contributed by atoms with van der Waals surface area (Å²) < 4.78 is 13.4. The number of ketones is 1. The summed E-state index contributed by atoms with van der Waals surface area (Å²) in [7, 11) is 0. The van der Waals surface area contributed by atoms with Crippen molar-refractivity contribution in [2.75, 3.05) is 4.90 Å². The first-order chi connectivity index (χ1) is 15.5. The van der Waals surface area contributed by atoms with Gasteiger partial charge in [0.25, 0.3) is 5.78 Å². The number of carbonyl (C=O) groups excluding carboxylic acids is 2. The molecule has 2 aromatic carbocycles. The molecule has 3 aromatic rings. The molecule has 0 aliphatic carbocycles. The number of carbonyl (C=O) groups is 2. The maximum Gasteiger partial charge on any atom is 0.301 e. The minimum Gasteiger partial charge on any atom is -0.507 e. The largest absolute Gasteiger partial charge is 0.507 e. The third-order valence-electron chi connectivity index (χ3n) is 5.88. The number of aliphatic hydroxyl groups is 1. The molecule has 2 heterocycles. The van der Waals surface area contributed by atoms with Gasteiger partial charge in [-0.3, -0.25) is 14.5 Å². The number of anilines is 1. The van der Waals surface area contributed by atoms with Crippen molar-refractivity contribution in [2.24, 2.45) is 0 Å². The van der Waals surface area contributed by atoms with E-state index in [9.17, 15) is 19.1 Å². The van der Waals surface area contributed by atoms with Crippen molar-refractivity contribution in [1.29, 1.82) is 0 Å². The first-order valence-corrected chi connectivity index (χ1v) is 11.4. The van der Waals surface area contributed by atoms with Gasteiger partial charge >= 0.3 is 5.91 Å². The lowest BCUT2D eigenvalue weighted by Crippen LogP contribution is -2.29. The summed E-state index contributed by atoms with van der Waals surface area (Å²) in [6.45, 7) is 10.0. The molecule has 170 valence electrons. The normalized spacial score (nSPS) is 18.2. The summed E-state index contributed by atoms with van der Waals surface area (Å²) in [6, 6.07) is 12.0. The zero-order valence-corrected chi connectivity index (χ0v) is 20.0. The smallest absolute Gasteiger partial charge is 0.301 e. The van der Waals surface area contributed by atoms with Gasteiger partial charge in [0, 0.05) is 10.4 Å². The zero-order chi connectivity index (χ0) is 24.1. The maximum atomic E-state index is 13.4. The Balaban J connectivity index is 1.92. The Morgan fingerprint density at radius 1 is 1.03 bits per heavy atom. The summed E-state index contributed by atoms with van der Waals surface area (Å²) in [5.41, 5.74) is 2.70. The number of aromatic nitrogens is 1. The number of rotatable bonds is 3. The molecule has 0 bridgehead atoms. The molecule has 7 heteroatoms. The van der Waals surface area contributed by atoms with Gasteiger partial charge in [-0.2, -0.15) is 0 Å². The quantitative estimate of drug-likeness (QED) is 0.301. The van der Waals surface area contributed by atoms with Crippen molar-refractivity contribution >= 4 is 33.9 Å². The summed E-state index contributed by atoms with van der Waals surface area (Å²) in [4.78, 5) is 33.1. The lowest BCUT2D eigenvalue weighted by Gasteiger charge is -2.24. The Morgan fingerprint density at radius 3 is 2.15 bits per heavy atom. The van der Waals surface area contributed by atoms with E-state index in [2.05, 4.69) is 25.8 Å². The maximum absolute atomic E-state index is 13.4. The fraction of sp³-hybridized carbons (Fsp3) is 0.269. The van der Waals surface area contributed by atoms with Crippen molar-refractivity contribution in [1.82, 2.24) is 4.98 Å². The van der Waals surface area contributed by atoms with Crippen LogP contribution >= 0.6 is 11.3 Å². The van der Waals surface area contributed by atoms with E-state index in [0.29, 0.717) is 10.7 Å². The third-order valence-corrected chi connectivity index (χ3v) is 6.95. The topological polar surface area (TPSA) is 70.5 Å². The Morgan fingerprint density at radius 2 is 1.64 bits per heavy atom. The summed E-state index contributed by atoms with van der Waals surface area (Å²) in [5, 5.41) is 11.5. The summed E-state index contributed by atoms with van der Waals surface area (Å²) >= 11 is 1.32. The van der Waals surface area contributed by atoms with E-state index in [-0.39, 0.29) is 22.3 Å². The monoisotopic (exact) mass is 464 g/mol. The van der Waals surface area contributed by atoms with E-state index < -0.39 is 23.5 Å². The van der Waals surface area contributed by atoms with Crippen LogP contribution in [0.5, 0.6) is 0 Å². The first-order valence-electron chi connectivity index (χ1n) is 10.6. The molecule has 5 nitrogen and oxygen atoms in total. The molecule has 0 radical (unpaired) electrons. The summed E-state index contributed by atoms with van der Waals surface area (Å²) in [5.74, 6) is -2.36. The number of benzene rings is 2. The van der Waals surface area contributed by atoms with Crippen molar-refractivity contribution in [3.63, 3.8) is 0 Å². The fourth-order valence-electron chi connectivity index (χ4n) is 3.83. The van der Waals surface area contributed by atoms with Crippen LogP contribution in [0.3, 0.4) is 0 Å². The van der Waals surface area contributed by atoms with E-state index in [4.69, 9.17) is 0 Å². The molecular formula is C26H25FN2O3S. The van der Waals surface area contributed by atoms with Crippen LogP contribution < -0.4 is 4.90 Å². The molecule has 1 fully saturated rings. The standard InChI is InChI=1S/C26H25FN2O3S/c1-14-15(2)33-25(28-14)29-21(16-6-10-18(11-7-16)26(3,4)5)20(23(31)24(29)32)22(30)17-8-12-19(27)13-9-17/h6-13,21,30H,1-5H3/t21-/m0/s1. The van der Waals surface area contributed by atoms with Crippen LogP contribution in [0, 0.1) is 19.7 Å². The van der Waals surface area contributed by atoms with Gasteiger partial charge in [-0.15, -0.1) is 11.3 Å². The van der Waals surface area contributed by atoms with E-state index >= 15 is 0 Å². The highest BCUT2D eigenvalue weighted by molar-refractivity contribution is 7.16. The molecule has 1 aliphatic rings. The van der Waals surface area contributed by atoms with Crippen LogP contribution in [0.4, 0.5) is 9.52 Å². The Hall–Kier alpha value is -3.32. The minimum atomic E-state index is -0.853. The van der Waals surface area contributed by atoms with E-state index in [1.165, 1.54) is 40.5 Å². The van der Waals surface area contributed by atoms with E-state index in [0.717, 1.165) is 16.1 Å². The Labute approximate surface area is 196 Å². The molecular weight excluding hydrogens is 439 g/mol. The third kappa shape index (κ3) is 4.09. The number of aliphatic hydroxyl groups excluding tert-OH is 1. The number of aryl methyl sites for hydroxylation is 2. The number of halogens is 1. The highest BCUT2D eigenvalue weighted by Gasteiger charge is 2.48. The lowest BCUT2D eigenvalue weighted by atomic mass is 9.85. The average Bonchev–Trinajstić information content (AvgIpc) is 3.23. The van der Waals surface area contributed by atoms with Gasteiger partial charge < -0.3 is 5.11 Å². The molecule has 0 unspecified atom stereocenters. The predicted molar refractivity (Wildman–Crippen MR) is 128 cm³/mol. The number of hydrogen-bond donors (Lipinski definition) is 1. The number of Topliss-reactive ketones (excluding diaryl/α,β-unsaturated/α-hetero) is 1. The Kier molecular flexibility index (Phi) is 5.70. The second kappa shape index (κ2) is 8.23. The second-order valence-electron chi connectivity index (χ2n) is 9.19. The molecule has 0 saturated carbocycles. The van der Waals surface area contributed by atoms with Gasteiger partial charge in [-0.25, -0.2) is 9.37 Å². The van der Waals surface area contributed by atoms with Crippen molar-refractivity contribution in [2.45, 2.75) is 46.1 Å². The van der Waals surface area contributed by atoms with Crippen LogP contribution in [-0.4, -0.2) is 21.8 Å². The van der Waals surface area contributed by atoms with Crippen LogP contribution in [0.2, 0.25) is 0 Å². The van der Waals surface area contributed by atoms with Crippen molar-refractivity contribution in [3.05, 3.63) is 87.2 Å². The van der Waals surface area contributed by atoms with E-state index in [1.807, 2.05) is 38.1 Å². The van der Waals surface area contributed by atoms with Gasteiger partial charge in [0.05, 0.1) is 17.3 Å². The van der Waals surface area contributed by atoms with Gasteiger partial charge in [0.1, 0.15) is 11.6 Å². The molecule has 1 amide bonds. The number of amides is 1. The molecule has 0 spiro atoms. The van der Waals surface area contributed by atoms with Gasteiger partial charge in [0.2, 0.25) is 0 Å². The van der Waals surface area contributed by atoms with Gasteiger partial charge in [-0.1, -0.05) is 45.0 Å². The number of thiazole rings is 1. The van der Waals surface area contributed by atoms with Crippen LogP contribution in [0.25, 0.3) is 5.76 Å². The molecule has 1 saturated heterocycles. The highest BCUT2D eigenvalue weighted by atomic mass is 32.1. The number of hydrogen-bond acceptors (Lipinski definition) is 5. The average molecular weight is 465 g/mol. The number of nitrogens with zero attached hydrogens (tertiary/aromatic N) is 2. The van der Waals surface area contributed by atoms with E-state index in [1.54, 1.807) is 0 Å². The SMILES string of the molecule is Cc1nc(N2C(=O)C(=O)C(=C(O)c3ccc(F)cc3)[C@@H]2c2ccc(C(C)(C)C)cc2)sc1C. The second-order valence-corrected chi connectivity index (χ2v) is 10.4. The van der Waals surface area contributed by atoms with Gasteiger partial charge in [-0.05, 0) is 54.7 Å². The molecule has 1 aliphatic heterocycles. The minimum absolute atomic E-state index is 0.0411. The summed E-state index contributed by atoms with van der Waals surface area (Å²) in [6.07, 6.45) is 0. The molecule has 1 aromatic heterocycles.